The Morgan fingerprint density at radius 3 is 3.05 bits per heavy atom. The molecule has 7 nitrogen and oxygen atoms in total. The molecule has 1 aliphatic rings. The van der Waals surface area contributed by atoms with Crippen molar-refractivity contribution < 1.29 is 19.6 Å². The zero-order chi connectivity index (χ0) is 13.8. The molecule has 1 fully saturated rings. The molecule has 1 aromatic rings. The molecule has 0 aliphatic carbocycles. The Bertz CT molecular complexity index is 491. The van der Waals surface area contributed by atoms with Gasteiger partial charge in [-0.1, -0.05) is 12.1 Å². The van der Waals surface area contributed by atoms with Gasteiger partial charge in [0.2, 0.25) is 0 Å². The number of carbonyl (C=O) groups is 1. The van der Waals surface area contributed by atoms with E-state index in [2.05, 4.69) is 0 Å². The quantitative estimate of drug-likeness (QED) is 0.642. The van der Waals surface area contributed by atoms with Gasteiger partial charge in [0, 0.05) is 31.8 Å². The molecule has 19 heavy (non-hydrogen) atoms. The van der Waals surface area contributed by atoms with Crippen molar-refractivity contribution in [3.05, 3.63) is 39.9 Å². The van der Waals surface area contributed by atoms with Crippen LogP contribution in [-0.2, 0) is 16.1 Å². The van der Waals surface area contributed by atoms with E-state index < -0.39 is 17.0 Å². The van der Waals surface area contributed by atoms with Gasteiger partial charge in [-0.15, -0.1) is 0 Å². The molecule has 0 saturated carbocycles. The van der Waals surface area contributed by atoms with Crippen LogP contribution < -0.4 is 0 Å². The number of nitro benzene ring substituents is 1. The van der Waals surface area contributed by atoms with Crippen LogP contribution in [0.25, 0.3) is 0 Å². The van der Waals surface area contributed by atoms with E-state index in [1.165, 1.54) is 12.1 Å². The summed E-state index contributed by atoms with van der Waals surface area (Å²) in [5.74, 6) is -0.983. The van der Waals surface area contributed by atoms with Gasteiger partial charge in [-0.3, -0.25) is 15.0 Å². The molecule has 0 radical (unpaired) electrons. The molecule has 0 spiro atoms. The van der Waals surface area contributed by atoms with Gasteiger partial charge in [-0.25, -0.2) is 4.79 Å². The third-order valence-electron chi connectivity index (χ3n) is 2.95. The third kappa shape index (κ3) is 3.49. The number of morpholine rings is 1. The second-order valence-corrected chi connectivity index (χ2v) is 4.36. The molecule has 0 aromatic heterocycles. The molecular formula is C12H14N2O5. The molecule has 1 N–H and O–H groups in total. The molecule has 0 bridgehead atoms. The standard InChI is InChI=1S/C12H14N2O5/c15-12(16)11-8-13(4-5-19-11)7-9-2-1-3-10(6-9)14(17)18/h1-3,6,11H,4-5,7-8H2,(H,15,16). The first-order valence-corrected chi connectivity index (χ1v) is 5.86. The fourth-order valence-corrected chi connectivity index (χ4v) is 2.02. The van der Waals surface area contributed by atoms with E-state index in [0.717, 1.165) is 5.56 Å². The summed E-state index contributed by atoms with van der Waals surface area (Å²) in [7, 11) is 0. The molecule has 7 heteroatoms. The second-order valence-electron chi connectivity index (χ2n) is 4.36. The number of nitro groups is 1. The molecule has 1 aliphatic heterocycles. The smallest absolute Gasteiger partial charge is 0.334 e. The number of hydrogen-bond donors (Lipinski definition) is 1. The van der Waals surface area contributed by atoms with Gasteiger partial charge in [-0.05, 0) is 5.56 Å². The minimum absolute atomic E-state index is 0.0422. The fraction of sp³-hybridized carbons (Fsp3) is 0.417. The summed E-state index contributed by atoms with van der Waals surface area (Å²) in [4.78, 5) is 23.0. The van der Waals surface area contributed by atoms with E-state index in [9.17, 15) is 14.9 Å². The Hall–Kier alpha value is -1.99. The van der Waals surface area contributed by atoms with Crippen molar-refractivity contribution in [2.45, 2.75) is 12.6 Å². The minimum atomic E-state index is -0.983. The first-order chi connectivity index (χ1) is 9.06. The van der Waals surface area contributed by atoms with Crippen LogP contribution in [0, 0.1) is 10.1 Å². The Balaban J connectivity index is 2.02. The summed E-state index contributed by atoms with van der Waals surface area (Å²) < 4.78 is 5.12. The molecule has 102 valence electrons. The van der Waals surface area contributed by atoms with E-state index in [1.807, 2.05) is 4.90 Å². The Labute approximate surface area is 109 Å². The number of rotatable bonds is 4. The number of carboxylic acid groups (broad SMARTS) is 1. The van der Waals surface area contributed by atoms with Gasteiger partial charge in [-0.2, -0.15) is 0 Å². The van der Waals surface area contributed by atoms with Crippen molar-refractivity contribution in [1.82, 2.24) is 4.90 Å². The summed E-state index contributed by atoms with van der Waals surface area (Å²) >= 11 is 0. The van der Waals surface area contributed by atoms with Crippen LogP contribution in [0.5, 0.6) is 0 Å². The third-order valence-corrected chi connectivity index (χ3v) is 2.95. The van der Waals surface area contributed by atoms with E-state index in [-0.39, 0.29) is 12.2 Å². The number of aliphatic carboxylic acids is 1. The highest BCUT2D eigenvalue weighted by atomic mass is 16.6. The number of ether oxygens (including phenoxy) is 1. The van der Waals surface area contributed by atoms with Gasteiger partial charge in [0.05, 0.1) is 11.5 Å². The summed E-state index contributed by atoms with van der Waals surface area (Å²) in [5.41, 5.74) is 0.834. The summed E-state index contributed by atoms with van der Waals surface area (Å²) in [5, 5.41) is 19.6. The summed E-state index contributed by atoms with van der Waals surface area (Å²) in [6, 6.07) is 6.36. The highest BCUT2D eigenvalue weighted by Crippen LogP contribution is 2.16. The first-order valence-electron chi connectivity index (χ1n) is 5.86. The SMILES string of the molecule is O=C(O)C1CN(Cc2cccc([N+](=O)[O-])c2)CCO1. The summed E-state index contributed by atoms with van der Waals surface area (Å²) in [6.07, 6.45) is -0.826. The predicted molar refractivity (Wildman–Crippen MR) is 65.7 cm³/mol. The molecule has 1 atom stereocenters. The Kier molecular flexibility index (Phi) is 4.08. The minimum Gasteiger partial charge on any atom is -0.479 e. The van der Waals surface area contributed by atoms with Crippen LogP contribution in [0.15, 0.2) is 24.3 Å². The van der Waals surface area contributed by atoms with E-state index in [4.69, 9.17) is 9.84 Å². The van der Waals surface area contributed by atoms with Gasteiger partial charge in [0.25, 0.3) is 5.69 Å². The zero-order valence-corrected chi connectivity index (χ0v) is 10.2. The fourth-order valence-electron chi connectivity index (χ4n) is 2.02. The summed E-state index contributed by atoms with van der Waals surface area (Å²) in [6.45, 7) is 1.74. The lowest BCUT2D eigenvalue weighted by atomic mass is 10.1. The maximum Gasteiger partial charge on any atom is 0.334 e. The highest BCUT2D eigenvalue weighted by molar-refractivity contribution is 5.72. The van der Waals surface area contributed by atoms with E-state index in [0.29, 0.717) is 19.7 Å². The number of hydrogen-bond acceptors (Lipinski definition) is 5. The largest absolute Gasteiger partial charge is 0.479 e. The molecule has 0 amide bonds. The van der Waals surface area contributed by atoms with Crippen LogP contribution in [-0.4, -0.2) is 46.7 Å². The molecule has 1 aromatic carbocycles. The number of non-ortho nitro benzene ring substituents is 1. The molecule has 1 unspecified atom stereocenters. The van der Waals surface area contributed by atoms with Crippen LogP contribution in [0.4, 0.5) is 5.69 Å². The van der Waals surface area contributed by atoms with Crippen molar-refractivity contribution in [1.29, 1.82) is 0 Å². The van der Waals surface area contributed by atoms with Gasteiger partial charge in [0.1, 0.15) is 0 Å². The lowest BCUT2D eigenvalue weighted by Gasteiger charge is -2.30. The first kappa shape index (κ1) is 13.4. The second kappa shape index (κ2) is 5.77. The Morgan fingerprint density at radius 2 is 2.37 bits per heavy atom. The van der Waals surface area contributed by atoms with Gasteiger partial charge in [0.15, 0.2) is 6.10 Å². The molecule has 2 rings (SSSR count). The molecular weight excluding hydrogens is 252 g/mol. The molecule has 1 saturated heterocycles. The van der Waals surface area contributed by atoms with Crippen molar-refractivity contribution >= 4 is 11.7 Å². The van der Waals surface area contributed by atoms with Gasteiger partial charge < -0.3 is 9.84 Å². The lowest BCUT2D eigenvalue weighted by molar-refractivity contribution is -0.384. The van der Waals surface area contributed by atoms with Crippen LogP contribution in [0.1, 0.15) is 5.56 Å². The lowest BCUT2D eigenvalue weighted by Crippen LogP contribution is -2.45. The number of nitrogens with zero attached hydrogens (tertiary/aromatic N) is 2. The van der Waals surface area contributed by atoms with Crippen LogP contribution in [0.2, 0.25) is 0 Å². The predicted octanol–water partition coefficient (Wildman–Crippen LogP) is 0.880. The van der Waals surface area contributed by atoms with Gasteiger partial charge >= 0.3 is 5.97 Å². The van der Waals surface area contributed by atoms with Crippen LogP contribution >= 0.6 is 0 Å². The van der Waals surface area contributed by atoms with Crippen molar-refractivity contribution in [2.75, 3.05) is 19.7 Å². The Morgan fingerprint density at radius 1 is 1.58 bits per heavy atom. The normalized spacial score (nSPS) is 20.1. The zero-order valence-electron chi connectivity index (χ0n) is 10.2. The van der Waals surface area contributed by atoms with Crippen molar-refractivity contribution in [3.8, 4) is 0 Å². The average Bonchev–Trinajstić information content (AvgIpc) is 2.39. The van der Waals surface area contributed by atoms with E-state index in [1.54, 1.807) is 12.1 Å². The highest BCUT2D eigenvalue weighted by Gasteiger charge is 2.26. The monoisotopic (exact) mass is 266 g/mol. The number of benzene rings is 1. The van der Waals surface area contributed by atoms with Crippen molar-refractivity contribution in [3.63, 3.8) is 0 Å². The maximum atomic E-state index is 10.9. The topological polar surface area (TPSA) is 92.9 Å². The van der Waals surface area contributed by atoms with Crippen molar-refractivity contribution in [2.24, 2.45) is 0 Å². The van der Waals surface area contributed by atoms with Crippen LogP contribution in [0.3, 0.4) is 0 Å². The molecule has 1 heterocycles. The maximum absolute atomic E-state index is 10.9. The average molecular weight is 266 g/mol. The van der Waals surface area contributed by atoms with E-state index >= 15 is 0 Å². The number of carboxylic acids is 1.